The topological polar surface area (TPSA) is 39.3 Å². The molecule has 1 heterocycles. The van der Waals surface area contributed by atoms with E-state index in [1.54, 1.807) is 6.07 Å². The number of benzene rings is 1. The van der Waals surface area contributed by atoms with Gasteiger partial charge in [-0.1, -0.05) is 32.4 Å². The van der Waals surface area contributed by atoms with Gasteiger partial charge >= 0.3 is 0 Å². The van der Waals surface area contributed by atoms with Crippen molar-refractivity contribution in [2.24, 2.45) is 0 Å². The molecule has 0 unspecified atom stereocenters. The summed E-state index contributed by atoms with van der Waals surface area (Å²) in [6, 6.07) is 5.62. The molecule has 0 fully saturated rings. The molecule has 2 aromatic rings. The number of nitrogens with zero attached hydrogens (tertiary/aromatic N) is 1. The Hall–Kier alpha value is -1.48. The molecule has 1 aromatic heterocycles. The molecule has 2 N–H and O–H groups in total. The number of aromatic nitrogens is 1. The molecule has 0 saturated heterocycles. The van der Waals surface area contributed by atoms with Crippen LogP contribution in [0.2, 0.25) is 0 Å². The first-order chi connectivity index (χ1) is 8.60. The van der Waals surface area contributed by atoms with E-state index in [4.69, 9.17) is 0 Å². The van der Waals surface area contributed by atoms with Gasteiger partial charge in [-0.25, -0.2) is 0 Å². The van der Waals surface area contributed by atoms with Crippen LogP contribution in [-0.4, -0.2) is 35.6 Å². The van der Waals surface area contributed by atoms with E-state index in [9.17, 15) is 5.11 Å². The minimum atomic E-state index is 0.323. The molecule has 0 saturated carbocycles. The second-order valence-electron chi connectivity index (χ2n) is 4.77. The fourth-order valence-corrected chi connectivity index (χ4v) is 1.75. The number of rotatable bonds is 3. The van der Waals surface area contributed by atoms with Crippen LogP contribution in [0.25, 0.3) is 10.9 Å². The van der Waals surface area contributed by atoms with Crippen molar-refractivity contribution in [3.8, 4) is 5.75 Å². The third-order valence-corrected chi connectivity index (χ3v) is 2.61. The van der Waals surface area contributed by atoms with Crippen LogP contribution in [0.4, 0.5) is 0 Å². The summed E-state index contributed by atoms with van der Waals surface area (Å²) in [7, 11) is 4.12. The van der Waals surface area contributed by atoms with Crippen molar-refractivity contribution in [1.82, 2.24) is 9.88 Å². The molecule has 100 valence electrons. The highest BCUT2D eigenvalue weighted by Gasteiger charge is 2.06. The molecule has 3 heteroatoms. The van der Waals surface area contributed by atoms with E-state index < -0.39 is 0 Å². The van der Waals surface area contributed by atoms with Crippen molar-refractivity contribution in [3.63, 3.8) is 0 Å². The summed E-state index contributed by atoms with van der Waals surface area (Å²) >= 11 is 0. The molecule has 0 spiro atoms. The van der Waals surface area contributed by atoms with Crippen LogP contribution < -0.4 is 0 Å². The first kappa shape index (κ1) is 14.6. The Kier molecular flexibility index (Phi) is 5.72. The SMILES string of the molecule is CCC.CN(C)CCc1c[nH]c2c(O)cccc12. The summed E-state index contributed by atoms with van der Waals surface area (Å²) in [4.78, 5) is 5.27. The monoisotopic (exact) mass is 248 g/mol. The van der Waals surface area contributed by atoms with E-state index >= 15 is 0 Å². The van der Waals surface area contributed by atoms with E-state index in [1.165, 1.54) is 12.0 Å². The maximum absolute atomic E-state index is 9.62. The number of nitrogens with one attached hydrogen (secondary N) is 1. The van der Waals surface area contributed by atoms with Crippen LogP contribution in [0.1, 0.15) is 25.8 Å². The van der Waals surface area contributed by atoms with Gasteiger partial charge in [-0.3, -0.25) is 0 Å². The van der Waals surface area contributed by atoms with E-state index in [-0.39, 0.29) is 0 Å². The number of aromatic amines is 1. The molecule has 0 aliphatic heterocycles. The fraction of sp³-hybridized carbons (Fsp3) is 0.467. The van der Waals surface area contributed by atoms with Gasteiger partial charge in [-0.2, -0.15) is 0 Å². The van der Waals surface area contributed by atoms with E-state index in [0.29, 0.717) is 5.75 Å². The average molecular weight is 248 g/mol. The highest BCUT2D eigenvalue weighted by atomic mass is 16.3. The number of hydrogen-bond donors (Lipinski definition) is 2. The lowest BCUT2D eigenvalue weighted by Gasteiger charge is -2.08. The van der Waals surface area contributed by atoms with Gasteiger partial charge in [0.15, 0.2) is 0 Å². The summed E-state index contributed by atoms with van der Waals surface area (Å²) in [6.07, 6.45) is 4.23. The maximum Gasteiger partial charge on any atom is 0.139 e. The number of likely N-dealkylation sites (N-methyl/N-ethyl adjacent to an activating group) is 1. The van der Waals surface area contributed by atoms with Crippen LogP contribution in [-0.2, 0) is 6.42 Å². The predicted octanol–water partition coefficient (Wildman–Crippen LogP) is 3.39. The first-order valence-corrected chi connectivity index (χ1v) is 6.52. The second kappa shape index (κ2) is 7.07. The van der Waals surface area contributed by atoms with Crippen LogP contribution in [0.3, 0.4) is 0 Å². The van der Waals surface area contributed by atoms with Crippen LogP contribution in [0, 0.1) is 0 Å². The Morgan fingerprint density at radius 1 is 1.22 bits per heavy atom. The van der Waals surface area contributed by atoms with Crippen molar-refractivity contribution in [1.29, 1.82) is 0 Å². The van der Waals surface area contributed by atoms with Crippen molar-refractivity contribution in [2.45, 2.75) is 26.7 Å². The third kappa shape index (κ3) is 3.77. The van der Waals surface area contributed by atoms with Gasteiger partial charge in [-0.05, 0) is 32.1 Å². The molecule has 0 amide bonds. The standard InChI is InChI=1S/C12H16N2O.C3H8/c1-14(2)7-6-9-8-13-12-10(9)4-3-5-11(12)15;1-3-2/h3-5,8,13,15H,6-7H2,1-2H3;3H2,1-2H3. The third-order valence-electron chi connectivity index (χ3n) is 2.61. The average Bonchev–Trinajstić information content (AvgIpc) is 2.72. The molecule has 0 aliphatic carbocycles. The van der Waals surface area contributed by atoms with Crippen LogP contribution in [0.15, 0.2) is 24.4 Å². The molecule has 3 nitrogen and oxygen atoms in total. The van der Waals surface area contributed by atoms with Gasteiger partial charge in [0.2, 0.25) is 0 Å². The molecule has 18 heavy (non-hydrogen) atoms. The lowest BCUT2D eigenvalue weighted by Crippen LogP contribution is -2.14. The molecule has 0 atom stereocenters. The highest BCUT2D eigenvalue weighted by molar-refractivity contribution is 5.88. The molecular weight excluding hydrogens is 224 g/mol. The number of para-hydroxylation sites is 1. The minimum absolute atomic E-state index is 0.323. The number of phenolic OH excluding ortho intramolecular Hbond substituents is 1. The zero-order valence-electron chi connectivity index (χ0n) is 11.8. The Labute approximate surface area is 109 Å². The molecule has 2 rings (SSSR count). The summed E-state index contributed by atoms with van der Waals surface area (Å²) < 4.78 is 0. The molecule has 0 radical (unpaired) electrons. The van der Waals surface area contributed by atoms with Gasteiger partial charge in [-0.15, -0.1) is 0 Å². The largest absolute Gasteiger partial charge is 0.506 e. The van der Waals surface area contributed by atoms with Gasteiger partial charge in [0.05, 0.1) is 5.52 Å². The summed E-state index contributed by atoms with van der Waals surface area (Å²) in [5, 5.41) is 10.7. The molecule has 1 aromatic carbocycles. The Bertz CT molecular complexity index is 474. The van der Waals surface area contributed by atoms with E-state index in [1.807, 2.05) is 18.3 Å². The number of hydrogen-bond acceptors (Lipinski definition) is 2. The molecular formula is C15H24N2O. The first-order valence-electron chi connectivity index (χ1n) is 6.52. The zero-order chi connectivity index (χ0) is 13.5. The van der Waals surface area contributed by atoms with Crippen LogP contribution >= 0.6 is 0 Å². The number of aromatic hydroxyl groups is 1. The fourth-order valence-electron chi connectivity index (χ4n) is 1.75. The summed E-state index contributed by atoms with van der Waals surface area (Å²) in [5.74, 6) is 0.323. The second-order valence-corrected chi connectivity index (χ2v) is 4.77. The predicted molar refractivity (Wildman–Crippen MR) is 78.2 cm³/mol. The van der Waals surface area contributed by atoms with Crippen molar-refractivity contribution in [3.05, 3.63) is 30.0 Å². The lowest BCUT2D eigenvalue weighted by molar-refractivity contribution is 0.414. The van der Waals surface area contributed by atoms with E-state index in [2.05, 4.69) is 37.8 Å². The Morgan fingerprint density at radius 2 is 1.89 bits per heavy atom. The maximum atomic E-state index is 9.62. The van der Waals surface area contributed by atoms with Crippen molar-refractivity contribution < 1.29 is 5.11 Å². The molecule has 0 aliphatic rings. The minimum Gasteiger partial charge on any atom is -0.506 e. The highest BCUT2D eigenvalue weighted by Crippen LogP contribution is 2.26. The molecule has 0 bridgehead atoms. The normalized spacial score (nSPS) is 10.5. The van der Waals surface area contributed by atoms with Gasteiger partial charge in [0, 0.05) is 18.1 Å². The summed E-state index contributed by atoms with van der Waals surface area (Å²) in [5.41, 5.74) is 2.10. The van der Waals surface area contributed by atoms with Crippen molar-refractivity contribution >= 4 is 10.9 Å². The van der Waals surface area contributed by atoms with E-state index in [0.717, 1.165) is 23.9 Å². The smallest absolute Gasteiger partial charge is 0.139 e. The van der Waals surface area contributed by atoms with Gasteiger partial charge in [0.25, 0.3) is 0 Å². The summed E-state index contributed by atoms with van der Waals surface area (Å²) in [6.45, 7) is 5.27. The number of fused-ring (bicyclic) bond motifs is 1. The zero-order valence-corrected chi connectivity index (χ0v) is 11.8. The van der Waals surface area contributed by atoms with Gasteiger partial charge < -0.3 is 15.0 Å². The Morgan fingerprint density at radius 3 is 2.50 bits per heavy atom. The lowest BCUT2D eigenvalue weighted by atomic mass is 10.1. The van der Waals surface area contributed by atoms with Crippen LogP contribution in [0.5, 0.6) is 5.75 Å². The number of H-pyrrole nitrogens is 1. The quantitative estimate of drug-likeness (QED) is 0.874. The Balaban J connectivity index is 0.000000492. The van der Waals surface area contributed by atoms with Gasteiger partial charge in [0.1, 0.15) is 5.75 Å². The van der Waals surface area contributed by atoms with Crippen molar-refractivity contribution in [2.75, 3.05) is 20.6 Å². The number of phenols is 1.